The summed E-state index contributed by atoms with van der Waals surface area (Å²) in [4.78, 5) is 11.8. The third-order valence-corrected chi connectivity index (χ3v) is 2.99. The summed E-state index contributed by atoms with van der Waals surface area (Å²) in [6, 6.07) is 11.2. The summed E-state index contributed by atoms with van der Waals surface area (Å²) in [6.07, 6.45) is 2.91. The lowest BCUT2D eigenvalue weighted by atomic mass is 10.1. The molecule has 1 N–H and O–H groups in total. The molecule has 0 aliphatic rings. The van der Waals surface area contributed by atoms with Crippen LogP contribution in [0, 0.1) is 5.82 Å². The van der Waals surface area contributed by atoms with Crippen molar-refractivity contribution in [1.29, 1.82) is 0 Å². The van der Waals surface area contributed by atoms with E-state index in [-0.39, 0.29) is 5.69 Å². The molecule has 0 bridgehead atoms. The standard InChI is InChI=1S/C17H16FNO3/c1-21-13-9-7-12(16(11-13)22-2)8-10-17(20)19-15-6-4-3-5-14(15)18/h3-11H,1-2H3,(H,19,20)/b10-8+. The number of ether oxygens (including phenoxy) is 2. The lowest BCUT2D eigenvalue weighted by molar-refractivity contribution is -0.111. The third kappa shape index (κ3) is 3.85. The Morgan fingerprint density at radius 2 is 1.91 bits per heavy atom. The van der Waals surface area contributed by atoms with Gasteiger partial charge < -0.3 is 14.8 Å². The van der Waals surface area contributed by atoms with Crippen LogP contribution in [0.3, 0.4) is 0 Å². The molecule has 0 radical (unpaired) electrons. The molecule has 0 atom stereocenters. The lowest BCUT2D eigenvalue weighted by Crippen LogP contribution is -2.09. The van der Waals surface area contributed by atoms with Gasteiger partial charge >= 0.3 is 0 Å². The van der Waals surface area contributed by atoms with Gasteiger partial charge in [-0.2, -0.15) is 0 Å². The first kappa shape index (κ1) is 15.6. The normalized spacial score (nSPS) is 10.5. The number of nitrogens with one attached hydrogen (secondary N) is 1. The van der Waals surface area contributed by atoms with Gasteiger partial charge in [-0.1, -0.05) is 12.1 Å². The summed E-state index contributed by atoms with van der Waals surface area (Å²) < 4.78 is 23.8. The molecule has 2 rings (SSSR count). The summed E-state index contributed by atoms with van der Waals surface area (Å²) in [6.45, 7) is 0. The number of rotatable bonds is 5. The van der Waals surface area contributed by atoms with Crippen LogP contribution in [0.1, 0.15) is 5.56 Å². The zero-order chi connectivity index (χ0) is 15.9. The fourth-order valence-electron chi connectivity index (χ4n) is 1.86. The van der Waals surface area contributed by atoms with Crippen molar-refractivity contribution in [1.82, 2.24) is 0 Å². The van der Waals surface area contributed by atoms with E-state index in [2.05, 4.69) is 5.32 Å². The number of halogens is 1. The molecule has 0 saturated heterocycles. The van der Waals surface area contributed by atoms with Gasteiger partial charge in [-0.25, -0.2) is 4.39 Å². The molecule has 0 aromatic heterocycles. The fourth-order valence-corrected chi connectivity index (χ4v) is 1.86. The van der Waals surface area contributed by atoms with E-state index in [1.54, 1.807) is 43.5 Å². The molecule has 2 aromatic rings. The van der Waals surface area contributed by atoms with Crippen LogP contribution in [0.2, 0.25) is 0 Å². The van der Waals surface area contributed by atoms with Gasteiger partial charge in [0.2, 0.25) is 5.91 Å². The van der Waals surface area contributed by atoms with Gasteiger partial charge in [0, 0.05) is 17.7 Å². The van der Waals surface area contributed by atoms with Crippen molar-refractivity contribution in [2.24, 2.45) is 0 Å². The number of benzene rings is 2. The molecular weight excluding hydrogens is 285 g/mol. The average molecular weight is 301 g/mol. The zero-order valence-corrected chi connectivity index (χ0v) is 12.3. The second-order valence-electron chi connectivity index (χ2n) is 4.41. The molecule has 4 nitrogen and oxygen atoms in total. The van der Waals surface area contributed by atoms with E-state index in [0.717, 1.165) is 0 Å². The number of anilines is 1. The molecule has 22 heavy (non-hydrogen) atoms. The molecule has 0 saturated carbocycles. The highest BCUT2D eigenvalue weighted by Crippen LogP contribution is 2.25. The maximum atomic E-state index is 13.4. The topological polar surface area (TPSA) is 47.6 Å². The molecule has 0 heterocycles. The number of carbonyl (C=O) groups excluding carboxylic acids is 1. The van der Waals surface area contributed by atoms with Crippen LogP contribution in [0.5, 0.6) is 11.5 Å². The Bertz CT molecular complexity index is 698. The summed E-state index contributed by atoms with van der Waals surface area (Å²) in [5.74, 6) is 0.327. The van der Waals surface area contributed by atoms with Crippen LogP contribution in [0.25, 0.3) is 6.08 Å². The van der Waals surface area contributed by atoms with Gasteiger partial charge in [-0.15, -0.1) is 0 Å². The molecule has 1 amide bonds. The predicted molar refractivity (Wildman–Crippen MR) is 83.6 cm³/mol. The number of hydrogen-bond donors (Lipinski definition) is 1. The minimum absolute atomic E-state index is 0.138. The maximum absolute atomic E-state index is 13.4. The van der Waals surface area contributed by atoms with Crippen LogP contribution in [-0.2, 0) is 4.79 Å². The van der Waals surface area contributed by atoms with Gasteiger partial charge in [0.25, 0.3) is 0 Å². The Balaban J connectivity index is 2.11. The number of amides is 1. The minimum Gasteiger partial charge on any atom is -0.497 e. The molecule has 2 aromatic carbocycles. The summed E-state index contributed by atoms with van der Waals surface area (Å²) in [5.41, 5.74) is 0.853. The van der Waals surface area contributed by atoms with E-state index in [1.165, 1.54) is 25.3 Å². The maximum Gasteiger partial charge on any atom is 0.248 e. The Morgan fingerprint density at radius 1 is 1.14 bits per heavy atom. The molecule has 0 unspecified atom stereocenters. The minimum atomic E-state index is -0.480. The van der Waals surface area contributed by atoms with E-state index in [0.29, 0.717) is 17.1 Å². The van der Waals surface area contributed by atoms with Crippen molar-refractivity contribution < 1.29 is 18.7 Å². The highest BCUT2D eigenvalue weighted by atomic mass is 19.1. The fraction of sp³-hybridized carbons (Fsp3) is 0.118. The summed E-state index contributed by atoms with van der Waals surface area (Å²) in [7, 11) is 3.09. The van der Waals surface area contributed by atoms with Gasteiger partial charge in [0.05, 0.1) is 19.9 Å². The molecule has 0 aliphatic heterocycles. The van der Waals surface area contributed by atoms with E-state index < -0.39 is 11.7 Å². The average Bonchev–Trinajstić information content (AvgIpc) is 2.55. The van der Waals surface area contributed by atoms with Crippen molar-refractivity contribution in [3.05, 3.63) is 59.9 Å². The van der Waals surface area contributed by atoms with Gasteiger partial charge in [0.1, 0.15) is 17.3 Å². The second kappa shape index (κ2) is 7.26. The van der Waals surface area contributed by atoms with E-state index in [4.69, 9.17) is 9.47 Å². The molecule has 0 fully saturated rings. The van der Waals surface area contributed by atoms with E-state index >= 15 is 0 Å². The summed E-state index contributed by atoms with van der Waals surface area (Å²) in [5, 5.41) is 2.47. The Labute approximate surface area is 128 Å². The van der Waals surface area contributed by atoms with Gasteiger partial charge in [-0.05, 0) is 30.3 Å². The van der Waals surface area contributed by atoms with Crippen LogP contribution in [0.15, 0.2) is 48.5 Å². The van der Waals surface area contributed by atoms with Crippen LogP contribution >= 0.6 is 0 Å². The molecule has 114 valence electrons. The van der Waals surface area contributed by atoms with Crippen molar-refractivity contribution >= 4 is 17.7 Å². The van der Waals surface area contributed by atoms with Crippen molar-refractivity contribution in [2.75, 3.05) is 19.5 Å². The Kier molecular flexibility index (Phi) is 5.14. The van der Waals surface area contributed by atoms with E-state index in [9.17, 15) is 9.18 Å². The quantitative estimate of drug-likeness (QED) is 0.860. The van der Waals surface area contributed by atoms with Crippen LogP contribution in [-0.4, -0.2) is 20.1 Å². The highest BCUT2D eigenvalue weighted by molar-refractivity contribution is 6.02. The monoisotopic (exact) mass is 301 g/mol. The second-order valence-corrected chi connectivity index (χ2v) is 4.41. The Morgan fingerprint density at radius 3 is 2.59 bits per heavy atom. The first-order valence-electron chi connectivity index (χ1n) is 6.59. The number of carbonyl (C=O) groups is 1. The third-order valence-electron chi connectivity index (χ3n) is 2.99. The van der Waals surface area contributed by atoms with Crippen LogP contribution < -0.4 is 14.8 Å². The molecular formula is C17H16FNO3. The number of para-hydroxylation sites is 1. The largest absolute Gasteiger partial charge is 0.497 e. The number of hydrogen-bond acceptors (Lipinski definition) is 3. The molecule has 5 heteroatoms. The predicted octanol–water partition coefficient (Wildman–Crippen LogP) is 3.49. The van der Waals surface area contributed by atoms with E-state index in [1.807, 2.05) is 0 Å². The Hall–Kier alpha value is -2.82. The first-order valence-corrected chi connectivity index (χ1v) is 6.59. The highest BCUT2D eigenvalue weighted by Gasteiger charge is 2.05. The van der Waals surface area contributed by atoms with Gasteiger partial charge in [-0.3, -0.25) is 4.79 Å². The molecule has 0 aliphatic carbocycles. The lowest BCUT2D eigenvalue weighted by Gasteiger charge is -2.07. The first-order chi connectivity index (χ1) is 10.6. The van der Waals surface area contributed by atoms with Crippen molar-refractivity contribution in [3.8, 4) is 11.5 Å². The van der Waals surface area contributed by atoms with Gasteiger partial charge in [0.15, 0.2) is 0 Å². The smallest absolute Gasteiger partial charge is 0.248 e. The van der Waals surface area contributed by atoms with Crippen molar-refractivity contribution in [2.45, 2.75) is 0 Å². The zero-order valence-electron chi connectivity index (χ0n) is 12.3. The number of methoxy groups -OCH3 is 2. The van der Waals surface area contributed by atoms with Crippen molar-refractivity contribution in [3.63, 3.8) is 0 Å². The summed E-state index contributed by atoms with van der Waals surface area (Å²) >= 11 is 0. The molecule has 0 spiro atoms. The SMILES string of the molecule is COc1ccc(/C=C/C(=O)Nc2ccccc2F)c(OC)c1. The van der Waals surface area contributed by atoms with Crippen LogP contribution in [0.4, 0.5) is 10.1 Å².